The minimum absolute atomic E-state index is 0.0672. The van der Waals surface area contributed by atoms with Crippen LogP contribution in [0, 0.1) is 0 Å². The van der Waals surface area contributed by atoms with Crippen LogP contribution >= 0.6 is 0 Å². The number of rotatable bonds is 10. The van der Waals surface area contributed by atoms with Gasteiger partial charge in [0, 0.05) is 48.1 Å². The largest absolute Gasteiger partial charge is 0.370 e. The van der Waals surface area contributed by atoms with E-state index in [2.05, 4.69) is 33.8 Å². The number of para-hydroxylation sites is 1. The maximum atomic E-state index is 13.2. The fourth-order valence-corrected chi connectivity index (χ4v) is 5.28. The van der Waals surface area contributed by atoms with Crippen LogP contribution < -0.4 is 20.4 Å². The van der Waals surface area contributed by atoms with Crippen molar-refractivity contribution in [3.63, 3.8) is 0 Å². The van der Waals surface area contributed by atoms with E-state index in [1.165, 1.54) is 24.4 Å². The third-order valence-corrected chi connectivity index (χ3v) is 7.79. The average Bonchev–Trinajstić information content (AvgIpc) is 2.91. The molecule has 0 aliphatic carbocycles. The molecule has 4 rings (SSSR count). The number of carbonyl (C=O) groups is 1. The molecule has 1 aromatic heterocycles. The third-order valence-electron chi connectivity index (χ3n) is 6.41. The van der Waals surface area contributed by atoms with Crippen molar-refractivity contribution in [1.29, 1.82) is 0 Å². The monoisotopic (exact) mass is 532 g/mol. The van der Waals surface area contributed by atoms with Gasteiger partial charge >= 0.3 is 0 Å². The number of sulfonamides is 1. The number of H-pyrrole nitrogens is 1. The van der Waals surface area contributed by atoms with Crippen molar-refractivity contribution in [1.82, 2.24) is 10.3 Å². The van der Waals surface area contributed by atoms with E-state index in [0.717, 1.165) is 17.8 Å². The summed E-state index contributed by atoms with van der Waals surface area (Å²) in [6, 6.07) is 21.3. The summed E-state index contributed by atoms with van der Waals surface area (Å²) in [5.74, 6) is -0.192. The number of amides is 1. The van der Waals surface area contributed by atoms with Crippen molar-refractivity contribution in [2.45, 2.75) is 31.6 Å². The highest BCUT2D eigenvalue weighted by molar-refractivity contribution is 7.92. The molecule has 0 aliphatic heterocycles. The zero-order chi connectivity index (χ0) is 27.3. The van der Waals surface area contributed by atoms with E-state index in [0.29, 0.717) is 30.2 Å². The maximum Gasteiger partial charge on any atom is 0.261 e. The SMILES string of the molecule is CCN(CCNC(=O)c1c[nH]c2ccc(S(=O)(=O)Nc3ccc(C(C)C)cc3)cc2c1=O)c1ccccc1. The summed E-state index contributed by atoms with van der Waals surface area (Å²) in [5, 5.41) is 2.92. The van der Waals surface area contributed by atoms with Crippen LogP contribution in [0.4, 0.5) is 11.4 Å². The van der Waals surface area contributed by atoms with Crippen LogP contribution in [0.5, 0.6) is 0 Å². The molecule has 198 valence electrons. The highest BCUT2D eigenvalue weighted by Crippen LogP contribution is 2.22. The van der Waals surface area contributed by atoms with Gasteiger partial charge in [-0.3, -0.25) is 14.3 Å². The second kappa shape index (κ2) is 11.5. The Balaban J connectivity index is 1.51. The standard InChI is InChI=1S/C29H32N4O4S/c1-4-33(23-8-6-5-7-9-23)17-16-30-29(35)26-19-31-27-15-14-24(18-25(27)28(26)34)38(36,37)32-22-12-10-21(11-13-22)20(2)3/h5-15,18-20,32H,4,16-17H2,1-3H3,(H,30,35)(H,31,34). The van der Waals surface area contributed by atoms with E-state index in [4.69, 9.17) is 0 Å². The summed E-state index contributed by atoms with van der Waals surface area (Å²) >= 11 is 0. The fourth-order valence-electron chi connectivity index (χ4n) is 4.19. The first kappa shape index (κ1) is 26.9. The Morgan fingerprint density at radius 1 is 1.00 bits per heavy atom. The average molecular weight is 533 g/mol. The molecule has 1 heterocycles. The van der Waals surface area contributed by atoms with Gasteiger partial charge in [-0.05, 0) is 60.9 Å². The van der Waals surface area contributed by atoms with Crippen molar-refractivity contribution in [2.24, 2.45) is 0 Å². The van der Waals surface area contributed by atoms with Crippen LogP contribution in [0.1, 0.15) is 42.6 Å². The summed E-state index contributed by atoms with van der Waals surface area (Å²) in [6.07, 6.45) is 1.36. The third kappa shape index (κ3) is 6.06. The smallest absolute Gasteiger partial charge is 0.261 e. The van der Waals surface area contributed by atoms with Gasteiger partial charge in [0.05, 0.1) is 4.90 Å². The fraction of sp³-hybridized carbons (Fsp3) is 0.241. The number of pyridine rings is 1. The first-order chi connectivity index (χ1) is 18.2. The van der Waals surface area contributed by atoms with Gasteiger partial charge in [-0.25, -0.2) is 8.42 Å². The number of benzene rings is 3. The van der Waals surface area contributed by atoms with Crippen LogP contribution in [-0.4, -0.2) is 38.9 Å². The van der Waals surface area contributed by atoms with E-state index in [1.54, 1.807) is 12.1 Å². The minimum atomic E-state index is -3.95. The predicted molar refractivity (Wildman–Crippen MR) is 153 cm³/mol. The number of hydrogen-bond acceptors (Lipinski definition) is 5. The van der Waals surface area contributed by atoms with Crippen molar-refractivity contribution in [3.05, 3.63) is 100 Å². The molecule has 8 nitrogen and oxygen atoms in total. The molecule has 1 amide bonds. The van der Waals surface area contributed by atoms with Crippen LogP contribution in [0.3, 0.4) is 0 Å². The van der Waals surface area contributed by atoms with Crippen molar-refractivity contribution in [2.75, 3.05) is 29.3 Å². The highest BCUT2D eigenvalue weighted by Gasteiger charge is 2.18. The lowest BCUT2D eigenvalue weighted by Crippen LogP contribution is -2.36. The van der Waals surface area contributed by atoms with E-state index in [-0.39, 0.29) is 15.8 Å². The zero-order valence-electron chi connectivity index (χ0n) is 21.7. The van der Waals surface area contributed by atoms with E-state index in [9.17, 15) is 18.0 Å². The lowest BCUT2D eigenvalue weighted by atomic mass is 10.0. The summed E-state index contributed by atoms with van der Waals surface area (Å²) in [5.41, 5.74) is 2.39. The van der Waals surface area contributed by atoms with Gasteiger partial charge in [0.15, 0.2) is 0 Å². The Labute approximate surface area is 222 Å². The number of aromatic amines is 1. The van der Waals surface area contributed by atoms with E-state index >= 15 is 0 Å². The minimum Gasteiger partial charge on any atom is -0.370 e. The molecule has 0 saturated carbocycles. The van der Waals surface area contributed by atoms with Crippen molar-refractivity contribution in [3.8, 4) is 0 Å². The van der Waals surface area contributed by atoms with Crippen LogP contribution in [-0.2, 0) is 10.0 Å². The van der Waals surface area contributed by atoms with E-state index in [1.807, 2.05) is 49.4 Å². The number of nitrogens with zero attached hydrogens (tertiary/aromatic N) is 1. The number of anilines is 2. The van der Waals surface area contributed by atoms with Crippen LogP contribution in [0.2, 0.25) is 0 Å². The maximum absolute atomic E-state index is 13.2. The van der Waals surface area contributed by atoms with Gasteiger partial charge in [0.25, 0.3) is 15.9 Å². The topological polar surface area (TPSA) is 111 Å². The molecular formula is C29H32N4O4S. The first-order valence-corrected chi connectivity index (χ1v) is 14.0. The van der Waals surface area contributed by atoms with Gasteiger partial charge in [-0.15, -0.1) is 0 Å². The molecule has 38 heavy (non-hydrogen) atoms. The summed E-state index contributed by atoms with van der Waals surface area (Å²) in [4.78, 5) is 31.0. The lowest BCUT2D eigenvalue weighted by Gasteiger charge is -2.23. The number of fused-ring (bicyclic) bond motifs is 1. The normalized spacial score (nSPS) is 11.5. The number of carbonyl (C=O) groups excluding carboxylic acids is 1. The number of nitrogens with one attached hydrogen (secondary N) is 3. The number of aromatic nitrogens is 1. The van der Waals surface area contributed by atoms with Crippen LogP contribution in [0.15, 0.2) is 88.7 Å². The summed E-state index contributed by atoms with van der Waals surface area (Å²) in [7, 11) is -3.95. The first-order valence-electron chi connectivity index (χ1n) is 12.6. The molecule has 0 unspecified atom stereocenters. The molecule has 0 saturated heterocycles. The highest BCUT2D eigenvalue weighted by atomic mass is 32.2. The molecule has 0 spiro atoms. The Hall–Kier alpha value is -4.11. The second-order valence-electron chi connectivity index (χ2n) is 9.29. The van der Waals surface area contributed by atoms with Gasteiger partial charge in [0.2, 0.25) is 5.43 Å². The number of hydrogen-bond donors (Lipinski definition) is 3. The van der Waals surface area contributed by atoms with Gasteiger partial charge < -0.3 is 15.2 Å². The summed E-state index contributed by atoms with van der Waals surface area (Å²) < 4.78 is 28.6. The Morgan fingerprint density at radius 3 is 2.37 bits per heavy atom. The molecule has 0 atom stereocenters. The Bertz CT molecular complexity index is 1580. The van der Waals surface area contributed by atoms with Gasteiger partial charge in [-0.2, -0.15) is 0 Å². The summed E-state index contributed by atoms with van der Waals surface area (Å²) in [6.45, 7) is 7.83. The van der Waals surface area contributed by atoms with Crippen LogP contribution in [0.25, 0.3) is 10.9 Å². The Morgan fingerprint density at radius 2 is 1.71 bits per heavy atom. The molecule has 3 N–H and O–H groups in total. The van der Waals surface area contributed by atoms with Crippen molar-refractivity contribution >= 4 is 38.2 Å². The molecule has 0 bridgehead atoms. The number of likely N-dealkylation sites (N-methyl/N-ethyl adjacent to an activating group) is 1. The molecular weight excluding hydrogens is 500 g/mol. The molecule has 4 aromatic rings. The van der Waals surface area contributed by atoms with Gasteiger partial charge in [-0.1, -0.05) is 44.2 Å². The second-order valence-corrected chi connectivity index (χ2v) is 11.0. The van der Waals surface area contributed by atoms with E-state index < -0.39 is 21.4 Å². The zero-order valence-corrected chi connectivity index (χ0v) is 22.5. The quantitative estimate of drug-likeness (QED) is 0.274. The Kier molecular flexibility index (Phi) is 8.16. The molecule has 3 aromatic carbocycles. The molecule has 0 fully saturated rings. The lowest BCUT2D eigenvalue weighted by molar-refractivity contribution is 0.0953. The molecule has 0 aliphatic rings. The molecule has 0 radical (unpaired) electrons. The van der Waals surface area contributed by atoms with Gasteiger partial charge in [0.1, 0.15) is 5.56 Å². The molecule has 9 heteroatoms. The van der Waals surface area contributed by atoms with Crippen molar-refractivity contribution < 1.29 is 13.2 Å². The predicted octanol–water partition coefficient (Wildman–Crippen LogP) is 4.71.